The number of anilines is 2. The van der Waals surface area contributed by atoms with Gasteiger partial charge in [-0.15, -0.1) is 0 Å². The average Bonchev–Trinajstić information content (AvgIpc) is 3.00. The number of hydrogen-bond donors (Lipinski definition) is 2. The number of nitrogens with one attached hydrogen (secondary N) is 1. The van der Waals surface area contributed by atoms with Crippen molar-refractivity contribution >= 4 is 22.8 Å². The zero-order chi connectivity index (χ0) is 12.8. The molecule has 19 heavy (non-hydrogen) atoms. The monoisotopic (exact) mass is 259 g/mol. The van der Waals surface area contributed by atoms with Crippen molar-refractivity contribution in [3.8, 4) is 0 Å². The number of nitrogen functional groups attached to an aromatic ring is 1. The minimum absolute atomic E-state index is 0.318. The van der Waals surface area contributed by atoms with E-state index in [1.807, 2.05) is 18.2 Å². The number of rotatable bonds is 3. The van der Waals surface area contributed by atoms with Gasteiger partial charge >= 0.3 is 0 Å². The van der Waals surface area contributed by atoms with Gasteiger partial charge in [0.15, 0.2) is 5.58 Å². The van der Waals surface area contributed by atoms with Crippen LogP contribution >= 0.6 is 0 Å². The van der Waals surface area contributed by atoms with Crippen LogP contribution in [-0.2, 0) is 4.74 Å². The van der Waals surface area contributed by atoms with E-state index in [0.29, 0.717) is 23.8 Å². The first-order valence-corrected chi connectivity index (χ1v) is 6.84. The van der Waals surface area contributed by atoms with Gasteiger partial charge in [0.05, 0.1) is 12.1 Å². The average molecular weight is 259 g/mol. The van der Waals surface area contributed by atoms with Gasteiger partial charge in [0, 0.05) is 12.3 Å². The van der Waals surface area contributed by atoms with Crippen molar-refractivity contribution in [2.45, 2.75) is 31.4 Å². The van der Waals surface area contributed by atoms with E-state index in [-0.39, 0.29) is 0 Å². The Morgan fingerprint density at radius 3 is 3.00 bits per heavy atom. The smallest absolute Gasteiger partial charge is 0.295 e. The maximum absolute atomic E-state index is 5.80. The summed E-state index contributed by atoms with van der Waals surface area (Å²) in [6.45, 7) is 0.825. The molecule has 0 bridgehead atoms. The molecule has 2 atom stereocenters. The predicted octanol–water partition coefficient (Wildman–Crippen LogP) is 2.39. The number of nitrogens with zero attached hydrogens (tertiary/aromatic N) is 1. The molecule has 1 saturated carbocycles. The summed E-state index contributed by atoms with van der Waals surface area (Å²) >= 11 is 0. The second kappa shape index (κ2) is 4.13. The molecule has 1 aromatic carbocycles. The highest BCUT2D eigenvalue weighted by Crippen LogP contribution is 2.39. The van der Waals surface area contributed by atoms with Crippen LogP contribution in [0.15, 0.2) is 22.6 Å². The molecule has 2 aliphatic rings. The summed E-state index contributed by atoms with van der Waals surface area (Å²) in [5.41, 5.74) is 8.00. The zero-order valence-electron chi connectivity index (χ0n) is 10.6. The van der Waals surface area contributed by atoms with Crippen LogP contribution in [0.3, 0.4) is 0 Å². The van der Waals surface area contributed by atoms with Gasteiger partial charge in [0.25, 0.3) is 6.01 Å². The Balaban J connectivity index is 1.57. The quantitative estimate of drug-likeness (QED) is 0.828. The van der Waals surface area contributed by atoms with Crippen LogP contribution in [0.4, 0.5) is 11.7 Å². The van der Waals surface area contributed by atoms with Gasteiger partial charge in [-0.3, -0.25) is 0 Å². The Kier molecular flexibility index (Phi) is 2.41. The fourth-order valence-electron chi connectivity index (χ4n) is 2.82. The maximum atomic E-state index is 5.80. The van der Waals surface area contributed by atoms with Crippen LogP contribution in [-0.4, -0.2) is 23.7 Å². The van der Waals surface area contributed by atoms with Gasteiger partial charge in [-0.1, -0.05) is 0 Å². The van der Waals surface area contributed by atoms with Gasteiger partial charge in [0.1, 0.15) is 5.52 Å². The van der Waals surface area contributed by atoms with Crippen LogP contribution in [0.2, 0.25) is 0 Å². The lowest BCUT2D eigenvalue weighted by Crippen LogP contribution is -2.31. The third-order valence-electron chi connectivity index (χ3n) is 3.94. The molecule has 1 saturated heterocycles. The van der Waals surface area contributed by atoms with E-state index in [2.05, 4.69) is 10.3 Å². The first kappa shape index (κ1) is 11.1. The molecule has 0 amide bonds. The predicted molar refractivity (Wildman–Crippen MR) is 72.9 cm³/mol. The third-order valence-corrected chi connectivity index (χ3v) is 3.94. The normalized spacial score (nSPS) is 26.9. The highest BCUT2D eigenvalue weighted by Gasteiger charge is 2.41. The molecule has 2 aromatic rings. The van der Waals surface area contributed by atoms with Crippen molar-refractivity contribution in [3.63, 3.8) is 0 Å². The largest absolute Gasteiger partial charge is 0.424 e. The molecule has 100 valence electrons. The van der Waals surface area contributed by atoms with Crippen molar-refractivity contribution < 1.29 is 9.15 Å². The zero-order valence-corrected chi connectivity index (χ0v) is 10.6. The molecular formula is C14H17N3O2. The lowest BCUT2D eigenvalue weighted by molar-refractivity contribution is 0.0895. The Bertz CT molecular complexity index is 606. The van der Waals surface area contributed by atoms with E-state index in [9.17, 15) is 0 Å². The Hall–Kier alpha value is -1.75. The maximum Gasteiger partial charge on any atom is 0.295 e. The van der Waals surface area contributed by atoms with E-state index in [0.717, 1.165) is 30.0 Å². The molecule has 2 heterocycles. The fourth-order valence-corrected chi connectivity index (χ4v) is 2.82. The number of benzene rings is 1. The van der Waals surface area contributed by atoms with Crippen LogP contribution < -0.4 is 11.1 Å². The Labute approximate surface area is 111 Å². The molecule has 1 aliphatic carbocycles. The standard InChI is InChI=1S/C14H17N3O2/c15-9-3-4-12-11(7-9)17-14(19-12)16-10-5-6-18-13(10)8-1-2-8/h3-4,7-8,10,13H,1-2,5-6,15H2,(H,16,17). The summed E-state index contributed by atoms with van der Waals surface area (Å²) in [5, 5.41) is 3.38. The molecule has 1 aliphatic heterocycles. The van der Waals surface area contributed by atoms with E-state index in [4.69, 9.17) is 14.9 Å². The molecular weight excluding hydrogens is 242 g/mol. The molecule has 0 spiro atoms. The summed E-state index contributed by atoms with van der Waals surface area (Å²) in [5.74, 6) is 0.722. The summed E-state index contributed by atoms with van der Waals surface area (Å²) in [7, 11) is 0. The highest BCUT2D eigenvalue weighted by atomic mass is 16.5. The fraction of sp³-hybridized carbons (Fsp3) is 0.500. The molecule has 1 aromatic heterocycles. The van der Waals surface area contributed by atoms with Crippen molar-refractivity contribution in [1.82, 2.24) is 4.98 Å². The highest BCUT2D eigenvalue weighted by molar-refractivity contribution is 5.78. The number of fused-ring (bicyclic) bond motifs is 1. The first-order chi connectivity index (χ1) is 9.29. The molecule has 2 fully saturated rings. The number of nitrogens with two attached hydrogens (primary N) is 1. The minimum Gasteiger partial charge on any atom is -0.424 e. The first-order valence-electron chi connectivity index (χ1n) is 6.84. The number of oxazole rings is 1. The lowest BCUT2D eigenvalue weighted by atomic mass is 10.1. The molecule has 4 rings (SSSR count). The molecule has 3 N–H and O–H groups in total. The van der Waals surface area contributed by atoms with Crippen molar-refractivity contribution in [2.75, 3.05) is 17.7 Å². The number of hydrogen-bond acceptors (Lipinski definition) is 5. The Morgan fingerprint density at radius 2 is 2.16 bits per heavy atom. The van der Waals surface area contributed by atoms with E-state index < -0.39 is 0 Å². The topological polar surface area (TPSA) is 73.3 Å². The molecule has 2 unspecified atom stereocenters. The van der Waals surface area contributed by atoms with E-state index >= 15 is 0 Å². The number of ether oxygens (including phenoxy) is 1. The van der Waals surface area contributed by atoms with Crippen molar-refractivity contribution in [3.05, 3.63) is 18.2 Å². The van der Waals surface area contributed by atoms with Crippen molar-refractivity contribution in [2.24, 2.45) is 5.92 Å². The van der Waals surface area contributed by atoms with E-state index in [1.165, 1.54) is 12.8 Å². The molecule has 5 heteroatoms. The second-order valence-electron chi connectivity index (χ2n) is 5.46. The van der Waals surface area contributed by atoms with Gasteiger partial charge in [0.2, 0.25) is 0 Å². The Morgan fingerprint density at radius 1 is 1.26 bits per heavy atom. The van der Waals surface area contributed by atoms with Gasteiger partial charge in [-0.05, 0) is 43.4 Å². The minimum atomic E-state index is 0.318. The molecule has 5 nitrogen and oxygen atoms in total. The van der Waals surface area contributed by atoms with Gasteiger partial charge in [-0.25, -0.2) is 0 Å². The summed E-state index contributed by atoms with van der Waals surface area (Å²) < 4.78 is 11.5. The summed E-state index contributed by atoms with van der Waals surface area (Å²) in [4.78, 5) is 4.44. The summed E-state index contributed by atoms with van der Waals surface area (Å²) in [6, 6.07) is 6.39. The second-order valence-corrected chi connectivity index (χ2v) is 5.46. The van der Waals surface area contributed by atoms with Crippen molar-refractivity contribution in [1.29, 1.82) is 0 Å². The SMILES string of the molecule is Nc1ccc2oc(NC3CCOC3C3CC3)nc2c1. The van der Waals surface area contributed by atoms with Crippen LogP contribution in [0, 0.1) is 5.92 Å². The van der Waals surface area contributed by atoms with Crippen LogP contribution in [0.1, 0.15) is 19.3 Å². The van der Waals surface area contributed by atoms with Gasteiger partial charge in [-0.2, -0.15) is 4.98 Å². The van der Waals surface area contributed by atoms with E-state index in [1.54, 1.807) is 0 Å². The molecule has 0 radical (unpaired) electrons. The van der Waals surface area contributed by atoms with Crippen LogP contribution in [0.25, 0.3) is 11.1 Å². The van der Waals surface area contributed by atoms with Gasteiger partial charge < -0.3 is 20.2 Å². The summed E-state index contributed by atoms with van der Waals surface area (Å²) in [6.07, 6.45) is 3.90. The number of aromatic nitrogens is 1. The van der Waals surface area contributed by atoms with Crippen LogP contribution in [0.5, 0.6) is 0 Å². The third kappa shape index (κ3) is 2.04. The lowest BCUT2D eigenvalue weighted by Gasteiger charge is -2.17.